The van der Waals surface area contributed by atoms with Gasteiger partial charge in [-0.3, -0.25) is 4.79 Å². The molecule has 2 rings (SSSR count). The lowest BCUT2D eigenvalue weighted by molar-refractivity contribution is -0.159. The standard InChI is InChI=1S/C17H25NO3/c1-3-20-13-14(2)21-16(19)17(9-11-18-12-10-17)15-7-5-4-6-8-15/h4-8,14,18H,3,9-13H2,1-2H3. The molecule has 1 aromatic rings. The minimum absolute atomic E-state index is 0.123. The van der Waals surface area contributed by atoms with Crippen molar-refractivity contribution in [2.45, 2.75) is 38.2 Å². The van der Waals surface area contributed by atoms with Gasteiger partial charge in [0.25, 0.3) is 0 Å². The molecule has 0 aliphatic carbocycles. The average molecular weight is 291 g/mol. The Morgan fingerprint density at radius 1 is 1.29 bits per heavy atom. The summed E-state index contributed by atoms with van der Waals surface area (Å²) in [6.07, 6.45) is 1.34. The highest BCUT2D eigenvalue weighted by Gasteiger charge is 2.43. The molecule has 1 saturated heterocycles. The van der Waals surface area contributed by atoms with Crippen LogP contribution in [-0.2, 0) is 19.7 Å². The van der Waals surface area contributed by atoms with Crippen LogP contribution in [0.4, 0.5) is 0 Å². The second-order valence-corrected chi connectivity index (χ2v) is 5.57. The van der Waals surface area contributed by atoms with Crippen molar-refractivity contribution in [1.29, 1.82) is 0 Å². The highest BCUT2D eigenvalue weighted by atomic mass is 16.6. The van der Waals surface area contributed by atoms with Gasteiger partial charge in [-0.2, -0.15) is 0 Å². The van der Waals surface area contributed by atoms with Crippen LogP contribution in [-0.4, -0.2) is 38.4 Å². The van der Waals surface area contributed by atoms with E-state index < -0.39 is 5.41 Å². The molecule has 0 aromatic heterocycles. The van der Waals surface area contributed by atoms with Crippen molar-refractivity contribution in [2.75, 3.05) is 26.3 Å². The lowest BCUT2D eigenvalue weighted by Gasteiger charge is -2.36. The first-order valence-electron chi connectivity index (χ1n) is 7.74. The van der Waals surface area contributed by atoms with Crippen LogP contribution in [0.15, 0.2) is 30.3 Å². The minimum Gasteiger partial charge on any atom is -0.460 e. The van der Waals surface area contributed by atoms with Crippen LogP contribution >= 0.6 is 0 Å². The molecule has 1 fully saturated rings. The first-order chi connectivity index (χ1) is 10.2. The van der Waals surface area contributed by atoms with Crippen LogP contribution in [0.3, 0.4) is 0 Å². The predicted molar refractivity (Wildman–Crippen MR) is 82.3 cm³/mol. The summed E-state index contributed by atoms with van der Waals surface area (Å²) >= 11 is 0. The lowest BCUT2D eigenvalue weighted by Crippen LogP contribution is -2.47. The third-order valence-electron chi connectivity index (χ3n) is 4.04. The Balaban J connectivity index is 2.14. The number of hydrogen-bond acceptors (Lipinski definition) is 4. The second-order valence-electron chi connectivity index (χ2n) is 5.57. The number of rotatable bonds is 6. The summed E-state index contributed by atoms with van der Waals surface area (Å²) in [5.74, 6) is -0.123. The average Bonchev–Trinajstić information content (AvgIpc) is 2.54. The molecule has 0 amide bonds. The van der Waals surface area contributed by atoms with Gasteiger partial charge in [0.2, 0.25) is 0 Å². The van der Waals surface area contributed by atoms with E-state index in [1.54, 1.807) is 0 Å². The molecule has 1 aliphatic heterocycles. The van der Waals surface area contributed by atoms with Gasteiger partial charge in [0.15, 0.2) is 0 Å². The molecular formula is C17H25NO3. The summed E-state index contributed by atoms with van der Waals surface area (Å²) in [6, 6.07) is 9.99. The van der Waals surface area contributed by atoms with Crippen LogP contribution < -0.4 is 5.32 Å². The normalized spacial score (nSPS) is 19.0. The summed E-state index contributed by atoms with van der Waals surface area (Å²) in [7, 11) is 0. The van der Waals surface area contributed by atoms with Gasteiger partial charge in [0.1, 0.15) is 6.10 Å². The molecule has 116 valence electrons. The maximum Gasteiger partial charge on any atom is 0.317 e. The van der Waals surface area contributed by atoms with E-state index in [0.717, 1.165) is 31.5 Å². The van der Waals surface area contributed by atoms with E-state index in [-0.39, 0.29) is 12.1 Å². The van der Waals surface area contributed by atoms with Crippen molar-refractivity contribution in [2.24, 2.45) is 0 Å². The van der Waals surface area contributed by atoms with Crippen molar-refractivity contribution < 1.29 is 14.3 Å². The first-order valence-corrected chi connectivity index (χ1v) is 7.74. The van der Waals surface area contributed by atoms with Crippen molar-refractivity contribution in [3.63, 3.8) is 0 Å². The number of esters is 1. The molecule has 4 heteroatoms. The van der Waals surface area contributed by atoms with E-state index in [4.69, 9.17) is 9.47 Å². The Morgan fingerprint density at radius 3 is 2.57 bits per heavy atom. The van der Waals surface area contributed by atoms with Gasteiger partial charge < -0.3 is 14.8 Å². The van der Waals surface area contributed by atoms with Gasteiger partial charge in [-0.05, 0) is 45.3 Å². The number of ether oxygens (including phenoxy) is 2. The zero-order chi connectivity index (χ0) is 15.1. The lowest BCUT2D eigenvalue weighted by atomic mass is 9.73. The number of carbonyl (C=O) groups is 1. The summed E-state index contributed by atoms with van der Waals surface area (Å²) in [5.41, 5.74) is 0.535. The molecule has 1 unspecified atom stereocenters. The smallest absolute Gasteiger partial charge is 0.317 e. The molecule has 0 bridgehead atoms. The number of nitrogens with one attached hydrogen (secondary N) is 1. The Hall–Kier alpha value is -1.39. The SMILES string of the molecule is CCOCC(C)OC(=O)C1(c2ccccc2)CCNCC1. The van der Waals surface area contributed by atoms with Crippen molar-refractivity contribution in [3.05, 3.63) is 35.9 Å². The fourth-order valence-corrected chi connectivity index (χ4v) is 2.83. The van der Waals surface area contributed by atoms with Crippen LogP contribution in [0, 0.1) is 0 Å². The number of carbonyl (C=O) groups excluding carboxylic acids is 1. The Morgan fingerprint density at radius 2 is 1.95 bits per heavy atom. The van der Waals surface area contributed by atoms with Crippen molar-refractivity contribution in [3.8, 4) is 0 Å². The topological polar surface area (TPSA) is 47.6 Å². The second kappa shape index (κ2) is 7.57. The zero-order valence-corrected chi connectivity index (χ0v) is 12.9. The maximum absolute atomic E-state index is 12.8. The summed E-state index contributed by atoms with van der Waals surface area (Å²) in [4.78, 5) is 12.8. The molecule has 0 radical (unpaired) electrons. The minimum atomic E-state index is -0.521. The number of piperidine rings is 1. The highest BCUT2D eigenvalue weighted by Crippen LogP contribution is 2.35. The monoisotopic (exact) mass is 291 g/mol. The van der Waals surface area contributed by atoms with E-state index in [1.165, 1.54) is 0 Å². The largest absolute Gasteiger partial charge is 0.460 e. The molecule has 0 spiro atoms. The third-order valence-corrected chi connectivity index (χ3v) is 4.04. The molecule has 1 aromatic carbocycles. The first kappa shape index (κ1) is 16.0. The molecule has 1 heterocycles. The Bertz CT molecular complexity index is 441. The van der Waals surface area contributed by atoms with Gasteiger partial charge in [-0.25, -0.2) is 0 Å². The summed E-state index contributed by atoms with van der Waals surface area (Å²) in [6.45, 7) is 6.58. The fourth-order valence-electron chi connectivity index (χ4n) is 2.83. The van der Waals surface area contributed by atoms with E-state index in [1.807, 2.05) is 44.2 Å². The zero-order valence-electron chi connectivity index (χ0n) is 12.9. The quantitative estimate of drug-likeness (QED) is 0.817. The molecule has 1 N–H and O–H groups in total. The van der Waals surface area contributed by atoms with Crippen LogP contribution in [0.25, 0.3) is 0 Å². The summed E-state index contributed by atoms with van der Waals surface area (Å²) < 4.78 is 11.0. The molecule has 1 atom stereocenters. The molecule has 4 nitrogen and oxygen atoms in total. The molecule has 0 saturated carbocycles. The predicted octanol–water partition coefficient (Wildman–Crippen LogP) is 2.28. The van der Waals surface area contributed by atoms with E-state index in [0.29, 0.717) is 13.2 Å². The highest BCUT2D eigenvalue weighted by molar-refractivity contribution is 5.83. The number of hydrogen-bond donors (Lipinski definition) is 1. The van der Waals surface area contributed by atoms with Crippen molar-refractivity contribution >= 4 is 5.97 Å². The van der Waals surface area contributed by atoms with Crippen molar-refractivity contribution in [1.82, 2.24) is 5.32 Å². The van der Waals surface area contributed by atoms with Gasteiger partial charge in [-0.1, -0.05) is 30.3 Å². The van der Waals surface area contributed by atoms with E-state index in [2.05, 4.69) is 5.32 Å². The maximum atomic E-state index is 12.8. The Kier molecular flexibility index (Phi) is 5.76. The van der Waals surface area contributed by atoms with E-state index in [9.17, 15) is 4.79 Å². The number of benzene rings is 1. The molecule has 1 aliphatic rings. The van der Waals surface area contributed by atoms with Gasteiger partial charge >= 0.3 is 5.97 Å². The Labute approximate surface area is 126 Å². The van der Waals surface area contributed by atoms with Crippen LogP contribution in [0.1, 0.15) is 32.3 Å². The molecular weight excluding hydrogens is 266 g/mol. The van der Waals surface area contributed by atoms with Crippen LogP contribution in [0.2, 0.25) is 0 Å². The van der Waals surface area contributed by atoms with Gasteiger partial charge in [0.05, 0.1) is 12.0 Å². The third kappa shape index (κ3) is 3.83. The summed E-state index contributed by atoms with van der Waals surface area (Å²) in [5, 5.41) is 3.32. The fraction of sp³-hybridized carbons (Fsp3) is 0.588. The molecule has 21 heavy (non-hydrogen) atoms. The van der Waals surface area contributed by atoms with E-state index >= 15 is 0 Å². The van der Waals surface area contributed by atoms with Gasteiger partial charge in [0, 0.05) is 6.61 Å². The van der Waals surface area contributed by atoms with Crippen LogP contribution in [0.5, 0.6) is 0 Å². The van der Waals surface area contributed by atoms with Gasteiger partial charge in [-0.15, -0.1) is 0 Å².